The van der Waals surface area contributed by atoms with Crippen LogP contribution in [0.5, 0.6) is 0 Å². The Balaban J connectivity index is 1.72. The number of alkyl halides is 3. The maximum atomic E-state index is 13.3. The van der Waals surface area contributed by atoms with Crippen LogP contribution in [0.1, 0.15) is 11.1 Å². The molecule has 0 saturated carbocycles. The average Bonchev–Trinajstić information content (AvgIpc) is 3.16. The third kappa shape index (κ3) is 4.54. The van der Waals surface area contributed by atoms with E-state index in [4.69, 9.17) is 0 Å². The van der Waals surface area contributed by atoms with Crippen molar-refractivity contribution in [1.29, 1.82) is 0 Å². The van der Waals surface area contributed by atoms with Gasteiger partial charge in [0.05, 0.1) is 11.3 Å². The maximum absolute atomic E-state index is 13.3. The molecule has 0 aliphatic heterocycles. The average molecular weight is 377 g/mol. The van der Waals surface area contributed by atoms with Crippen LogP contribution in [0.15, 0.2) is 54.9 Å². The highest BCUT2D eigenvalue weighted by molar-refractivity contribution is 6.02. The molecule has 3 aromatic rings. The molecule has 10 heteroatoms. The molecular formula is C17H11F4N5O. The number of rotatable bonds is 4. The molecule has 1 heterocycles. The van der Waals surface area contributed by atoms with Crippen LogP contribution in [-0.4, -0.2) is 26.1 Å². The van der Waals surface area contributed by atoms with Crippen LogP contribution in [0.25, 0.3) is 11.8 Å². The first-order valence-corrected chi connectivity index (χ1v) is 7.52. The quantitative estimate of drug-likeness (QED) is 0.558. The lowest BCUT2D eigenvalue weighted by atomic mass is 10.1. The zero-order valence-corrected chi connectivity index (χ0v) is 13.5. The van der Waals surface area contributed by atoms with Crippen LogP contribution in [0.3, 0.4) is 0 Å². The van der Waals surface area contributed by atoms with Crippen molar-refractivity contribution in [2.24, 2.45) is 0 Å². The van der Waals surface area contributed by atoms with Crippen molar-refractivity contribution < 1.29 is 22.4 Å². The molecule has 0 fully saturated rings. The number of aromatic nitrogens is 4. The number of carbonyl (C=O) groups excluding carboxylic acids is 1. The Morgan fingerprint density at radius 1 is 1.15 bits per heavy atom. The minimum Gasteiger partial charge on any atom is -0.322 e. The molecule has 0 unspecified atom stereocenters. The van der Waals surface area contributed by atoms with E-state index >= 15 is 0 Å². The molecular weight excluding hydrogens is 366 g/mol. The lowest BCUT2D eigenvalue weighted by molar-refractivity contribution is -0.140. The highest BCUT2D eigenvalue weighted by Gasteiger charge is 2.34. The zero-order valence-electron chi connectivity index (χ0n) is 13.5. The van der Waals surface area contributed by atoms with E-state index in [1.165, 1.54) is 17.1 Å². The van der Waals surface area contributed by atoms with E-state index in [-0.39, 0.29) is 5.69 Å². The number of halogens is 4. The van der Waals surface area contributed by atoms with Gasteiger partial charge in [0, 0.05) is 11.8 Å². The van der Waals surface area contributed by atoms with Gasteiger partial charge in [-0.25, -0.2) is 9.07 Å². The summed E-state index contributed by atoms with van der Waals surface area (Å²) in [4.78, 5) is 11.9. The van der Waals surface area contributed by atoms with Gasteiger partial charge in [0.15, 0.2) is 0 Å². The number of carbonyl (C=O) groups is 1. The zero-order chi connectivity index (χ0) is 19.4. The number of nitrogens with one attached hydrogen (secondary N) is 1. The van der Waals surface area contributed by atoms with Crippen molar-refractivity contribution in [1.82, 2.24) is 20.2 Å². The Kier molecular flexibility index (Phi) is 4.97. The van der Waals surface area contributed by atoms with Gasteiger partial charge in [-0.05, 0) is 52.4 Å². The SMILES string of the molecule is O=C(/C=C/c1cccc(-n2cnnn2)c1)Nc1ccc(F)c(C(F)(F)F)c1. The minimum absolute atomic E-state index is 0.166. The van der Waals surface area contributed by atoms with E-state index in [0.717, 1.165) is 12.1 Å². The molecule has 2 aromatic carbocycles. The number of anilines is 1. The Morgan fingerprint density at radius 3 is 2.67 bits per heavy atom. The van der Waals surface area contributed by atoms with Gasteiger partial charge in [-0.2, -0.15) is 13.2 Å². The van der Waals surface area contributed by atoms with Crippen LogP contribution >= 0.6 is 0 Å². The molecule has 27 heavy (non-hydrogen) atoms. The summed E-state index contributed by atoms with van der Waals surface area (Å²) >= 11 is 0. The van der Waals surface area contributed by atoms with Gasteiger partial charge in [0.25, 0.3) is 0 Å². The Hall–Kier alpha value is -3.56. The first-order valence-electron chi connectivity index (χ1n) is 7.52. The highest BCUT2D eigenvalue weighted by atomic mass is 19.4. The first-order chi connectivity index (χ1) is 12.8. The van der Waals surface area contributed by atoms with Crippen molar-refractivity contribution in [3.05, 3.63) is 71.8 Å². The standard InChI is InChI=1S/C17H11F4N5O/c18-15-6-5-12(9-14(15)17(19,20)21)23-16(27)7-4-11-2-1-3-13(8-11)26-10-22-24-25-26/h1-10H,(H,23,27)/b7-4+. The third-order valence-corrected chi connectivity index (χ3v) is 3.45. The molecule has 0 bridgehead atoms. The summed E-state index contributed by atoms with van der Waals surface area (Å²) in [6.07, 6.45) is -0.827. The third-order valence-electron chi connectivity index (χ3n) is 3.45. The summed E-state index contributed by atoms with van der Waals surface area (Å²) in [6.45, 7) is 0. The van der Waals surface area contributed by atoms with Crippen LogP contribution in [0, 0.1) is 5.82 Å². The second kappa shape index (κ2) is 7.36. The summed E-state index contributed by atoms with van der Waals surface area (Å²) in [6, 6.07) is 9.15. The van der Waals surface area contributed by atoms with Crippen molar-refractivity contribution >= 4 is 17.7 Å². The number of amides is 1. The predicted molar refractivity (Wildman–Crippen MR) is 88.2 cm³/mol. The fraction of sp³-hybridized carbons (Fsp3) is 0.0588. The lowest BCUT2D eigenvalue weighted by Crippen LogP contribution is -2.12. The van der Waals surface area contributed by atoms with Gasteiger partial charge >= 0.3 is 6.18 Å². The van der Waals surface area contributed by atoms with Crippen LogP contribution in [0.2, 0.25) is 0 Å². The molecule has 6 nitrogen and oxygen atoms in total. The van der Waals surface area contributed by atoms with Crippen LogP contribution < -0.4 is 5.32 Å². The van der Waals surface area contributed by atoms with E-state index in [0.29, 0.717) is 23.4 Å². The van der Waals surface area contributed by atoms with Gasteiger partial charge in [-0.1, -0.05) is 12.1 Å². The number of tetrazole rings is 1. The van der Waals surface area contributed by atoms with Gasteiger partial charge in [0.2, 0.25) is 5.91 Å². The Bertz CT molecular complexity index is 983. The Morgan fingerprint density at radius 2 is 1.96 bits per heavy atom. The second-order valence-electron chi connectivity index (χ2n) is 5.36. The van der Waals surface area contributed by atoms with Gasteiger partial charge in [0.1, 0.15) is 12.1 Å². The molecule has 138 valence electrons. The van der Waals surface area contributed by atoms with Gasteiger partial charge < -0.3 is 5.32 Å². The summed E-state index contributed by atoms with van der Waals surface area (Å²) in [5.41, 5.74) is -0.302. The highest BCUT2D eigenvalue weighted by Crippen LogP contribution is 2.33. The molecule has 0 aliphatic rings. The molecule has 3 rings (SSSR count). The molecule has 1 aromatic heterocycles. The van der Waals surface area contributed by atoms with E-state index in [1.54, 1.807) is 24.3 Å². The van der Waals surface area contributed by atoms with Crippen molar-refractivity contribution in [3.8, 4) is 5.69 Å². The summed E-state index contributed by atoms with van der Waals surface area (Å²) < 4.78 is 52.8. The molecule has 1 N–H and O–H groups in total. The van der Waals surface area contributed by atoms with Gasteiger partial charge in [-0.3, -0.25) is 4.79 Å². The fourth-order valence-electron chi connectivity index (χ4n) is 2.23. The molecule has 0 aliphatic carbocycles. The number of nitrogens with zero attached hydrogens (tertiary/aromatic N) is 4. The molecule has 0 radical (unpaired) electrons. The van der Waals surface area contributed by atoms with E-state index in [9.17, 15) is 22.4 Å². The monoisotopic (exact) mass is 377 g/mol. The smallest absolute Gasteiger partial charge is 0.322 e. The predicted octanol–water partition coefficient (Wildman–Crippen LogP) is 3.47. The van der Waals surface area contributed by atoms with E-state index < -0.39 is 23.5 Å². The largest absolute Gasteiger partial charge is 0.419 e. The van der Waals surface area contributed by atoms with Crippen LogP contribution in [-0.2, 0) is 11.0 Å². The summed E-state index contributed by atoms with van der Waals surface area (Å²) in [7, 11) is 0. The molecule has 0 atom stereocenters. The topological polar surface area (TPSA) is 72.7 Å². The second-order valence-corrected chi connectivity index (χ2v) is 5.36. The van der Waals surface area contributed by atoms with Crippen molar-refractivity contribution in [3.63, 3.8) is 0 Å². The minimum atomic E-state index is -4.85. The number of hydrogen-bond donors (Lipinski definition) is 1. The molecule has 0 saturated heterocycles. The van der Waals surface area contributed by atoms with E-state index in [2.05, 4.69) is 20.8 Å². The number of benzene rings is 2. The fourth-order valence-corrected chi connectivity index (χ4v) is 2.23. The molecule has 0 spiro atoms. The van der Waals surface area contributed by atoms with Crippen molar-refractivity contribution in [2.45, 2.75) is 6.18 Å². The molecule has 1 amide bonds. The van der Waals surface area contributed by atoms with Crippen molar-refractivity contribution in [2.75, 3.05) is 5.32 Å². The van der Waals surface area contributed by atoms with E-state index in [1.807, 2.05) is 0 Å². The lowest BCUT2D eigenvalue weighted by Gasteiger charge is -2.10. The van der Waals surface area contributed by atoms with Crippen LogP contribution in [0.4, 0.5) is 23.2 Å². The van der Waals surface area contributed by atoms with Gasteiger partial charge in [-0.15, -0.1) is 5.10 Å². The maximum Gasteiger partial charge on any atom is 0.419 e. The summed E-state index contributed by atoms with van der Waals surface area (Å²) in [5.74, 6) is -2.07. The first kappa shape index (κ1) is 18.2. The Labute approximate surface area is 150 Å². The number of hydrogen-bond acceptors (Lipinski definition) is 4. The normalized spacial score (nSPS) is 11.7. The summed E-state index contributed by atoms with van der Waals surface area (Å²) in [5, 5.41) is 13.1.